The van der Waals surface area contributed by atoms with E-state index in [0.717, 1.165) is 5.56 Å². The minimum absolute atomic E-state index is 0.278. The Hall–Kier alpha value is -2.44. The zero-order valence-corrected chi connectivity index (χ0v) is 9.41. The topological polar surface area (TPSA) is 85.3 Å². The highest BCUT2D eigenvalue weighted by Gasteiger charge is 2.03. The number of aromatic amines is 1. The maximum Gasteiger partial charge on any atom is 0.288 e. The highest BCUT2D eigenvalue weighted by molar-refractivity contribution is 5.82. The number of tetrazole rings is 1. The first-order valence-electron chi connectivity index (χ1n) is 4.83. The van der Waals surface area contributed by atoms with Crippen LogP contribution in [0.5, 0.6) is 11.5 Å². The number of nitrogens with zero attached hydrogens (tertiary/aromatic N) is 4. The molecular weight excluding hydrogens is 222 g/mol. The van der Waals surface area contributed by atoms with Gasteiger partial charge in [-0.1, -0.05) is 5.10 Å². The largest absolute Gasteiger partial charge is 0.493 e. The standard InChI is InChI=1S/C10H11N5O2/c1-16-8-4-3-7(5-9(8)17-2)6-11-10-12-14-15-13-10/h3-6H,1-2H3,(H,12,13,14,15)/b11-6+. The van der Waals surface area contributed by atoms with E-state index in [1.165, 1.54) is 0 Å². The van der Waals surface area contributed by atoms with Crippen LogP contribution in [0.1, 0.15) is 5.56 Å². The predicted molar refractivity (Wildman–Crippen MR) is 61.0 cm³/mol. The third-order valence-electron chi connectivity index (χ3n) is 2.07. The quantitative estimate of drug-likeness (QED) is 0.795. The molecule has 0 aliphatic rings. The van der Waals surface area contributed by atoms with Crippen LogP contribution in [0.3, 0.4) is 0 Å². The molecule has 7 heteroatoms. The van der Waals surface area contributed by atoms with Crippen LogP contribution in [0, 0.1) is 0 Å². The number of hydrogen-bond donors (Lipinski definition) is 1. The summed E-state index contributed by atoms with van der Waals surface area (Å²) in [6, 6.07) is 5.46. The Balaban J connectivity index is 2.22. The zero-order chi connectivity index (χ0) is 12.1. The van der Waals surface area contributed by atoms with Crippen LogP contribution >= 0.6 is 0 Å². The number of methoxy groups -OCH3 is 2. The lowest BCUT2D eigenvalue weighted by Gasteiger charge is -2.07. The molecule has 0 unspecified atom stereocenters. The van der Waals surface area contributed by atoms with Gasteiger partial charge in [0, 0.05) is 6.21 Å². The number of aromatic nitrogens is 4. The third-order valence-corrected chi connectivity index (χ3v) is 2.07. The van der Waals surface area contributed by atoms with Gasteiger partial charge < -0.3 is 9.47 Å². The van der Waals surface area contributed by atoms with Gasteiger partial charge in [-0.3, -0.25) is 0 Å². The summed E-state index contributed by atoms with van der Waals surface area (Å²) in [6.45, 7) is 0. The van der Waals surface area contributed by atoms with Crippen LogP contribution in [-0.2, 0) is 0 Å². The maximum atomic E-state index is 5.18. The average molecular weight is 233 g/mol. The van der Waals surface area contributed by atoms with E-state index in [1.807, 2.05) is 12.1 Å². The van der Waals surface area contributed by atoms with Gasteiger partial charge in [0.1, 0.15) is 0 Å². The van der Waals surface area contributed by atoms with Gasteiger partial charge in [0.15, 0.2) is 11.5 Å². The molecule has 0 aliphatic heterocycles. The molecule has 0 radical (unpaired) electrons. The predicted octanol–water partition coefficient (Wildman–Crippen LogP) is 0.967. The van der Waals surface area contributed by atoms with Crippen LogP contribution in [0.15, 0.2) is 23.2 Å². The Bertz CT molecular complexity index is 509. The van der Waals surface area contributed by atoms with Crippen molar-refractivity contribution in [3.63, 3.8) is 0 Å². The second-order valence-electron chi connectivity index (χ2n) is 3.08. The van der Waals surface area contributed by atoms with Gasteiger partial charge in [0.05, 0.1) is 14.2 Å². The molecule has 88 valence electrons. The van der Waals surface area contributed by atoms with E-state index >= 15 is 0 Å². The second kappa shape index (κ2) is 5.06. The molecular formula is C10H11N5O2. The average Bonchev–Trinajstić information content (AvgIpc) is 2.89. The lowest BCUT2D eigenvalue weighted by atomic mass is 10.2. The van der Waals surface area contributed by atoms with Crippen molar-refractivity contribution in [1.29, 1.82) is 0 Å². The van der Waals surface area contributed by atoms with Crippen molar-refractivity contribution < 1.29 is 9.47 Å². The van der Waals surface area contributed by atoms with Crippen LogP contribution in [-0.4, -0.2) is 41.1 Å². The van der Waals surface area contributed by atoms with E-state index in [4.69, 9.17) is 9.47 Å². The first kappa shape index (κ1) is 11.1. The van der Waals surface area contributed by atoms with Crippen molar-refractivity contribution in [3.05, 3.63) is 23.8 Å². The number of aliphatic imine (C=N–C) groups is 1. The minimum Gasteiger partial charge on any atom is -0.493 e. The normalized spacial score (nSPS) is 10.7. The van der Waals surface area contributed by atoms with Crippen LogP contribution < -0.4 is 9.47 Å². The van der Waals surface area contributed by atoms with Gasteiger partial charge in [-0.15, -0.1) is 5.10 Å². The molecule has 0 saturated carbocycles. The summed E-state index contributed by atoms with van der Waals surface area (Å²) < 4.78 is 10.3. The molecule has 0 bridgehead atoms. The van der Waals surface area contributed by atoms with Gasteiger partial charge in [-0.25, -0.2) is 4.99 Å². The first-order chi connectivity index (χ1) is 8.33. The molecule has 17 heavy (non-hydrogen) atoms. The number of nitrogens with one attached hydrogen (secondary N) is 1. The number of H-pyrrole nitrogens is 1. The molecule has 0 atom stereocenters. The van der Waals surface area contributed by atoms with Gasteiger partial charge in [-0.05, 0) is 29.0 Å². The van der Waals surface area contributed by atoms with Crippen molar-refractivity contribution in [3.8, 4) is 11.5 Å². The Morgan fingerprint density at radius 2 is 2.06 bits per heavy atom. The summed E-state index contributed by atoms with van der Waals surface area (Å²) in [5.74, 6) is 1.59. The van der Waals surface area contributed by atoms with Crippen molar-refractivity contribution in [2.45, 2.75) is 0 Å². The Morgan fingerprint density at radius 1 is 1.24 bits per heavy atom. The summed E-state index contributed by atoms with van der Waals surface area (Å²) in [6.07, 6.45) is 1.62. The first-order valence-corrected chi connectivity index (χ1v) is 4.83. The molecule has 1 aromatic carbocycles. The van der Waals surface area contributed by atoms with Crippen LogP contribution in [0.2, 0.25) is 0 Å². The molecule has 0 amide bonds. The lowest BCUT2D eigenvalue weighted by molar-refractivity contribution is 0.355. The summed E-state index contributed by atoms with van der Waals surface area (Å²) in [4.78, 5) is 4.03. The summed E-state index contributed by atoms with van der Waals surface area (Å²) in [5.41, 5.74) is 0.854. The molecule has 2 aromatic rings. The Kier molecular flexibility index (Phi) is 3.29. The summed E-state index contributed by atoms with van der Waals surface area (Å²) in [5, 5.41) is 13.1. The molecule has 2 rings (SSSR count). The van der Waals surface area contributed by atoms with E-state index in [-0.39, 0.29) is 5.95 Å². The van der Waals surface area contributed by atoms with Gasteiger partial charge in [-0.2, -0.15) is 5.21 Å². The van der Waals surface area contributed by atoms with E-state index in [2.05, 4.69) is 25.6 Å². The molecule has 0 fully saturated rings. The number of benzene rings is 1. The van der Waals surface area contributed by atoms with E-state index < -0.39 is 0 Å². The highest BCUT2D eigenvalue weighted by Crippen LogP contribution is 2.26. The molecule has 0 aliphatic carbocycles. The fourth-order valence-corrected chi connectivity index (χ4v) is 1.28. The van der Waals surface area contributed by atoms with Gasteiger partial charge in [0.25, 0.3) is 5.95 Å². The molecule has 7 nitrogen and oxygen atoms in total. The second-order valence-corrected chi connectivity index (χ2v) is 3.08. The molecule has 1 heterocycles. The van der Waals surface area contributed by atoms with Crippen molar-refractivity contribution >= 4 is 12.2 Å². The van der Waals surface area contributed by atoms with Crippen molar-refractivity contribution in [2.75, 3.05) is 14.2 Å². The Morgan fingerprint density at radius 3 is 2.71 bits per heavy atom. The SMILES string of the molecule is COc1ccc(/C=N/c2nn[nH]n2)cc1OC. The lowest BCUT2D eigenvalue weighted by Crippen LogP contribution is -1.92. The monoisotopic (exact) mass is 233 g/mol. The molecule has 0 saturated heterocycles. The third kappa shape index (κ3) is 2.57. The fraction of sp³-hybridized carbons (Fsp3) is 0.200. The van der Waals surface area contributed by atoms with E-state index in [1.54, 1.807) is 26.5 Å². The molecule has 0 spiro atoms. The minimum atomic E-state index is 0.278. The van der Waals surface area contributed by atoms with E-state index in [9.17, 15) is 0 Å². The number of rotatable bonds is 4. The highest BCUT2D eigenvalue weighted by atomic mass is 16.5. The smallest absolute Gasteiger partial charge is 0.288 e. The summed E-state index contributed by atoms with van der Waals surface area (Å²) in [7, 11) is 3.17. The Labute approximate surface area is 97.5 Å². The zero-order valence-electron chi connectivity index (χ0n) is 9.41. The van der Waals surface area contributed by atoms with Crippen molar-refractivity contribution in [2.24, 2.45) is 4.99 Å². The van der Waals surface area contributed by atoms with Crippen LogP contribution in [0.25, 0.3) is 0 Å². The van der Waals surface area contributed by atoms with Crippen molar-refractivity contribution in [1.82, 2.24) is 20.6 Å². The maximum absolute atomic E-state index is 5.18. The fourth-order valence-electron chi connectivity index (χ4n) is 1.28. The molecule has 1 aromatic heterocycles. The number of ether oxygens (including phenoxy) is 2. The van der Waals surface area contributed by atoms with Gasteiger partial charge >= 0.3 is 0 Å². The van der Waals surface area contributed by atoms with Gasteiger partial charge in [0.2, 0.25) is 0 Å². The van der Waals surface area contributed by atoms with E-state index in [0.29, 0.717) is 11.5 Å². The number of hydrogen-bond acceptors (Lipinski definition) is 6. The molecule has 1 N–H and O–H groups in total. The van der Waals surface area contributed by atoms with Crippen LogP contribution in [0.4, 0.5) is 5.95 Å². The summed E-state index contributed by atoms with van der Waals surface area (Å²) >= 11 is 0.